The van der Waals surface area contributed by atoms with Crippen LogP contribution in [0.15, 0.2) is 42.5 Å². The van der Waals surface area contributed by atoms with E-state index in [4.69, 9.17) is 12.6 Å². The number of rotatable bonds is 4. The molecule has 0 spiro atoms. The molecule has 4 rings (SSSR count). The Balaban J connectivity index is 0.000000628. The molecule has 5 heteroatoms. The van der Waals surface area contributed by atoms with Crippen molar-refractivity contribution in [3.8, 4) is 11.1 Å². The zero-order valence-corrected chi connectivity index (χ0v) is 20.6. The summed E-state index contributed by atoms with van der Waals surface area (Å²) in [6.45, 7) is 4.59. The maximum absolute atomic E-state index is 8.44. The van der Waals surface area contributed by atoms with Gasteiger partial charge in [-0.2, -0.15) is 0 Å². The monoisotopic (exact) mass is 458 g/mol. The first-order valence-corrected chi connectivity index (χ1v) is 14.2. The van der Waals surface area contributed by atoms with Gasteiger partial charge in [0.25, 0.3) is 0 Å². The lowest BCUT2D eigenvalue weighted by molar-refractivity contribution is 0.487. The van der Waals surface area contributed by atoms with Crippen molar-refractivity contribution in [2.45, 2.75) is 89.4 Å². The standard InChI is InChI=1S/C26H35P.O3S/c1-20-12-11-13-21(2)26(20)24-18-9-10-19-25(24)27(22-14-5-3-6-15-22)23-16-7-4-8-17-23;1-4(2)3/h9-13,18-19,22-23H,3-8,14-17H2,1-2H3;. The number of hydrogen-bond donors (Lipinski definition) is 0. The highest BCUT2D eigenvalue weighted by atomic mass is 32.2. The summed E-state index contributed by atoms with van der Waals surface area (Å²) in [7, 11) is -3.17. The Kier molecular flexibility index (Phi) is 9.29. The van der Waals surface area contributed by atoms with E-state index in [-0.39, 0.29) is 7.92 Å². The van der Waals surface area contributed by atoms with Gasteiger partial charge in [0.1, 0.15) is 0 Å². The van der Waals surface area contributed by atoms with Gasteiger partial charge in [-0.15, -0.1) is 12.6 Å². The van der Waals surface area contributed by atoms with Crippen LogP contribution in [-0.2, 0) is 10.6 Å². The van der Waals surface area contributed by atoms with Crippen molar-refractivity contribution in [1.82, 2.24) is 0 Å². The second-order valence-electron chi connectivity index (χ2n) is 8.98. The van der Waals surface area contributed by atoms with Crippen LogP contribution < -0.4 is 5.30 Å². The first-order valence-electron chi connectivity index (χ1n) is 11.7. The second kappa shape index (κ2) is 11.9. The van der Waals surface area contributed by atoms with Crippen molar-refractivity contribution >= 4 is 23.8 Å². The highest BCUT2D eigenvalue weighted by molar-refractivity contribution is 7.67. The highest BCUT2D eigenvalue weighted by Gasteiger charge is 2.33. The Bertz CT molecular complexity index is 914. The zero-order chi connectivity index (χ0) is 22.2. The quantitative estimate of drug-likeness (QED) is 0.477. The summed E-state index contributed by atoms with van der Waals surface area (Å²) in [5, 5.41) is 1.73. The van der Waals surface area contributed by atoms with Crippen molar-refractivity contribution in [3.63, 3.8) is 0 Å². The molecule has 168 valence electrons. The minimum Gasteiger partial charge on any atom is -0.142 e. The Morgan fingerprint density at radius 2 is 1.13 bits per heavy atom. The molecule has 3 nitrogen and oxygen atoms in total. The van der Waals surface area contributed by atoms with Crippen molar-refractivity contribution in [2.75, 3.05) is 0 Å². The number of aryl methyl sites for hydroxylation is 2. The van der Waals surface area contributed by atoms with E-state index >= 15 is 0 Å². The highest BCUT2D eigenvalue weighted by Crippen LogP contribution is 2.56. The van der Waals surface area contributed by atoms with Crippen LogP contribution in [0.4, 0.5) is 0 Å². The minimum atomic E-state index is -3.11. The molecule has 2 fully saturated rings. The van der Waals surface area contributed by atoms with Gasteiger partial charge in [-0.25, -0.2) is 0 Å². The van der Waals surface area contributed by atoms with E-state index in [1.807, 2.05) is 0 Å². The van der Waals surface area contributed by atoms with E-state index in [0.717, 1.165) is 11.3 Å². The Morgan fingerprint density at radius 1 is 0.677 bits per heavy atom. The molecule has 0 N–H and O–H groups in total. The summed E-state index contributed by atoms with van der Waals surface area (Å²) in [5.74, 6) is 0. The fourth-order valence-corrected chi connectivity index (χ4v) is 9.51. The molecule has 2 aromatic carbocycles. The third kappa shape index (κ3) is 6.49. The molecule has 0 aliphatic heterocycles. The molecule has 0 atom stereocenters. The fraction of sp³-hybridized carbons (Fsp3) is 0.538. The van der Waals surface area contributed by atoms with Crippen molar-refractivity contribution in [3.05, 3.63) is 53.6 Å². The van der Waals surface area contributed by atoms with E-state index in [2.05, 4.69) is 56.3 Å². The Labute approximate surface area is 190 Å². The van der Waals surface area contributed by atoms with E-state index in [9.17, 15) is 0 Å². The summed E-state index contributed by atoms with van der Waals surface area (Å²) < 4.78 is 25.3. The molecule has 2 saturated carbocycles. The molecule has 2 aliphatic carbocycles. The number of benzene rings is 2. The molecular formula is C26H35O3PS. The molecule has 0 aromatic heterocycles. The van der Waals surface area contributed by atoms with Gasteiger partial charge >= 0.3 is 10.6 Å². The predicted molar refractivity (Wildman–Crippen MR) is 131 cm³/mol. The Hall–Kier alpha value is -1.51. The van der Waals surface area contributed by atoms with E-state index in [1.54, 1.807) is 10.9 Å². The van der Waals surface area contributed by atoms with Gasteiger partial charge in [0.05, 0.1) is 0 Å². The molecule has 0 amide bonds. The molecule has 2 aliphatic rings. The first kappa shape index (κ1) is 24.1. The maximum Gasteiger partial charge on any atom is 0.425 e. The van der Waals surface area contributed by atoms with Gasteiger partial charge in [-0.1, -0.05) is 88.9 Å². The summed E-state index contributed by atoms with van der Waals surface area (Å²) in [6, 6.07) is 16.3. The van der Waals surface area contributed by atoms with Gasteiger partial charge in [-0.3, -0.25) is 0 Å². The predicted octanol–water partition coefficient (Wildman–Crippen LogP) is 6.74. The third-order valence-corrected chi connectivity index (χ3v) is 10.4. The van der Waals surface area contributed by atoms with E-state index < -0.39 is 10.6 Å². The van der Waals surface area contributed by atoms with Crippen LogP contribution in [0.2, 0.25) is 0 Å². The van der Waals surface area contributed by atoms with Crippen LogP contribution in [-0.4, -0.2) is 23.9 Å². The largest absolute Gasteiger partial charge is 0.425 e. The maximum atomic E-state index is 8.44. The SMILES string of the molecule is Cc1cccc(C)c1-c1ccccc1P(C1CCCCC1)C1CCCCC1.O=S(=O)=O. The average Bonchev–Trinajstić information content (AvgIpc) is 2.76. The topological polar surface area (TPSA) is 51.2 Å². The first-order chi connectivity index (χ1) is 15.0. The molecular weight excluding hydrogens is 423 g/mol. The van der Waals surface area contributed by atoms with Crippen LogP contribution in [0, 0.1) is 13.8 Å². The average molecular weight is 459 g/mol. The van der Waals surface area contributed by atoms with Gasteiger partial charge in [0.2, 0.25) is 0 Å². The lowest BCUT2D eigenvalue weighted by atomic mass is 9.96. The smallest absolute Gasteiger partial charge is 0.142 e. The molecule has 0 radical (unpaired) electrons. The van der Waals surface area contributed by atoms with Crippen LogP contribution in [0.1, 0.15) is 75.3 Å². The normalized spacial score (nSPS) is 17.8. The molecule has 0 bridgehead atoms. The summed E-state index contributed by atoms with van der Waals surface area (Å²) in [6.07, 6.45) is 14.7. The van der Waals surface area contributed by atoms with Crippen molar-refractivity contribution < 1.29 is 12.6 Å². The zero-order valence-electron chi connectivity index (χ0n) is 18.8. The molecule has 0 saturated heterocycles. The lowest BCUT2D eigenvalue weighted by Crippen LogP contribution is -2.27. The molecule has 0 unspecified atom stereocenters. The second-order valence-corrected chi connectivity index (χ2v) is 12.1. The number of hydrogen-bond acceptors (Lipinski definition) is 3. The van der Waals surface area contributed by atoms with Gasteiger partial charge < -0.3 is 0 Å². The van der Waals surface area contributed by atoms with Crippen molar-refractivity contribution in [2.24, 2.45) is 0 Å². The van der Waals surface area contributed by atoms with Crippen molar-refractivity contribution in [1.29, 1.82) is 0 Å². The third-order valence-electron chi connectivity index (χ3n) is 6.87. The van der Waals surface area contributed by atoms with Crippen LogP contribution >= 0.6 is 7.92 Å². The van der Waals surface area contributed by atoms with Gasteiger partial charge in [0, 0.05) is 0 Å². The lowest BCUT2D eigenvalue weighted by Gasteiger charge is -2.39. The van der Waals surface area contributed by atoms with E-state index in [0.29, 0.717) is 0 Å². The molecule has 31 heavy (non-hydrogen) atoms. The Morgan fingerprint density at radius 3 is 1.61 bits per heavy atom. The summed E-state index contributed by atoms with van der Waals surface area (Å²) in [4.78, 5) is 0. The van der Waals surface area contributed by atoms with Crippen LogP contribution in [0.3, 0.4) is 0 Å². The van der Waals surface area contributed by atoms with Gasteiger partial charge in [0.15, 0.2) is 0 Å². The van der Waals surface area contributed by atoms with Crippen LogP contribution in [0.25, 0.3) is 11.1 Å². The fourth-order valence-electron chi connectivity index (χ4n) is 5.56. The van der Waals surface area contributed by atoms with Gasteiger partial charge in [-0.05, 0) is 78.4 Å². The van der Waals surface area contributed by atoms with E-state index in [1.165, 1.54) is 80.9 Å². The molecule has 0 heterocycles. The molecule has 2 aromatic rings. The minimum absolute atomic E-state index is 0.0613. The summed E-state index contributed by atoms with van der Waals surface area (Å²) >= 11 is 0. The summed E-state index contributed by atoms with van der Waals surface area (Å²) in [5.41, 5.74) is 7.85. The van der Waals surface area contributed by atoms with Crippen LogP contribution in [0.5, 0.6) is 0 Å².